The third kappa shape index (κ3) is 6.07. The normalized spacial score (nSPS) is 12.4. The van der Waals surface area contributed by atoms with Crippen molar-refractivity contribution in [2.24, 2.45) is 0 Å². The Morgan fingerprint density at radius 2 is 1.65 bits per heavy atom. The van der Waals surface area contributed by atoms with Crippen LogP contribution in [-0.4, -0.2) is 59.8 Å². The van der Waals surface area contributed by atoms with Crippen LogP contribution in [0.25, 0.3) is 11.0 Å². The number of para-hydroxylation sites is 1. The molecule has 0 bridgehead atoms. The smallest absolute Gasteiger partial charge is 0.251 e. The van der Waals surface area contributed by atoms with Crippen LogP contribution in [0.5, 0.6) is 28.7 Å². The molecule has 1 N–H and O–H groups in total. The number of fused-ring (bicyclic) bond motifs is 2. The van der Waals surface area contributed by atoms with E-state index in [0.717, 1.165) is 0 Å². The average molecular weight is 628 g/mol. The molecule has 1 aromatic heterocycles. The highest BCUT2D eigenvalue weighted by Crippen LogP contribution is 2.42. The average Bonchev–Trinajstić information content (AvgIpc) is 3.71. The zero-order valence-corrected chi connectivity index (χ0v) is 25.2. The van der Waals surface area contributed by atoms with Crippen LogP contribution in [0.1, 0.15) is 17.2 Å². The predicted molar refractivity (Wildman–Crippen MR) is 165 cm³/mol. The van der Waals surface area contributed by atoms with E-state index in [1.807, 2.05) is 12.1 Å². The first-order valence-corrected chi connectivity index (χ1v) is 14.2. The zero-order valence-electron chi connectivity index (χ0n) is 25.2. The van der Waals surface area contributed by atoms with Gasteiger partial charge in [0.25, 0.3) is 5.91 Å². The minimum absolute atomic E-state index is 0.0539. The number of benzene rings is 4. The first-order valence-electron chi connectivity index (χ1n) is 14.2. The van der Waals surface area contributed by atoms with Crippen LogP contribution >= 0.6 is 0 Å². The summed E-state index contributed by atoms with van der Waals surface area (Å²) in [6, 6.07) is 19.9. The number of hydrogen-bond acceptors (Lipinski definition) is 9. The molecule has 1 atom stereocenters. The third-order valence-electron chi connectivity index (χ3n) is 7.49. The van der Waals surface area contributed by atoms with E-state index in [9.17, 15) is 14.0 Å². The molecule has 2 amide bonds. The number of carbonyl (C=O) groups excluding carboxylic acids is 2. The van der Waals surface area contributed by atoms with E-state index in [2.05, 4.69) is 15.6 Å². The van der Waals surface area contributed by atoms with E-state index >= 15 is 0 Å². The number of rotatable bonds is 11. The van der Waals surface area contributed by atoms with Crippen LogP contribution in [0.15, 0.2) is 78.9 Å². The predicted octanol–water partition coefficient (Wildman–Crippen LogP) is 4.73. The molecule has 0 fully saturated rings. The molecule has 6 rings (SSSR count). The number of nitrogens with zero attached hydrogens (tertiary/aromatic N) is 4. The van der Waals surface area contributed by atoms with Crippen molar-refractivity contribution in [2.45, 2.75) is 19.1 Å². The van der Waals surface area contributed by atoms with Gasteiger partial charge in [-0.2, -0.15) is 0 Å². The quantitative estimate of drug-likeness (QED) is 0.221. The van der Waals surface area contributed by atoms with Gasteiger partial charge in [-0.3, -0.25) is 9.59 Å². The maximum atomic E-state index is 14.4. The minimum atomic E-state index is -1.24. The molecule has 2 heterocycles. The number of nitrogens with one attached hydrogen (secondary N) is 1. The van der Waals surface area contributed by atoms with Gasteiger partial charge in [0.05, 0.1) is 26.8 Å². The maximum Gasteiger partial charge on any atom is 0.251 e. The SMILES string of the molecule is COc1cc(C(C(=O)Nc2ccc3c(c2)OCO3)N(Cc2ccc(F)cc2)C(=O)Cn2nnc3ccccc32)cc(OC)c1OC. The van der Waals surface area contributed by atoms with E-state index in [-0.39, 0.29) is 31.4 Å². The molecule has 5 aromatic rings. The molecule has 46 heavy (non-hydrogen) atoms. The Balaban J connectivity index is 1.46. The number of methoxy groups -OCH3 is 3. The number of halogens is 1. The lowest BCUT2D eigenvalue weighted by Gasteiger charge is -2.32. The van der Waals surface area contributed by atoms with Gasteiger partial charge in [0.15, 0.2) is 23.0 Å². The van der Waals surface area contributed by atoms with Gasteiger partial charge in [-0.05, 0) is 59.7 Å². The number of hydrogen-bond donors (Lipinski definition) is 1. The fourth-order valence-electron chi connectivity index (χ4n) is 5.28. The van der Waals surface area contributed by atoms with Gasteiger partial charge in [-0.25, -0.2) is 9.07 Å². The van der Waals surface area contributed by atoms with Crippen molar-refractivity contribution in [3.8, 4) is 28.7 Å². The van der Waals surface area contributed by atoms with E-state index in [4.69, 9.17) is 23.7 Å². The number of anilines is 1. The summed E-state index contributed by atoms with van der Waals surface area (Å²) in [6.07, 6.45) is 0. The molecule has 4 aromatic carbocycles. The van der Waals surface area contributed by atoms with E-state index < -0.39 is 23.7 Å². The summed E-state index contributed by atoms with van der Waals surface area (Å²) in [5.41, 5.74) is 2.63. The standard InChI is InChI=1S/C33H30FN5O7/c1-42-28-14-21(15-29(43-2)32(28)44-3)31(33(41)35-23-12-13-26-27(16-23)46-19-45-26)38(17-20-8-10-22(34)11-9-20)30(40)18-39-25-7-5-4-6-24(25)36-37-39/h4-16,31H,17-19H2,1-3H3,(H,35,41). The molecule has 12 nitrogen and oxygen atoms in total. The van der Waals surface area contributed by atoms with Crippen LogP contribution in [0.2, 0.25) is 0 Å². The van der Waals surface area contributed by atoms with Gasteiger partial charge in [0, 0.05) is 18.3 Å². The molecule has 0 aliphatic carbocycles. The summed E-state index contributed by atoms with van der Waals surface area (Å²) in [4.78, 5) is 30.1. The molecule has 0 saturated heterocycles. The summed E-state index contributed by atoms with van der Waals surface area (Å²) in [5, 5.41) is 11.3. The molecule has 0 saturated carbocycles. The van der Waals surface area contributed by atoms with Gasteiger partial charge in [0.1, 0.15) is 23.9 Å². The minimum Gasteiger partial charge on any atom is -0.493 e. The van der Waals surface area contributed by atoms with Crippen molar-refractivity contribution in [1.82, 2.24) is 19.9 Å². The molecular weight excluding hydrogens is 597 g/mol. The fourth-order valence-corrected chi connectivity index (χ4v) is 5.28. The molecule has 0 radical (unpaired) electrons. The Kier molecular flexibility index (Phi) is 8.55. The largest absolute Gasteiger partial charge is 0.493 e. The molecular formula is C33H30FN5O7. The molecule has 13 heteroatoms. The highest BCUT2D eigenvalue weighted by Gasteiger charge is 2.34. The van der Waals surface area contributed by atoms with Crippen LogP contribution in [0, 0.1) is 5.82 Å². The first kappa shape index (κ1) is 30.2. The van der Waals surface area contributed by atoms with E-state index in [0.29, 0.717) is 45.1 Å². The lowest BCUT2D eigenvalue weighted by atomic mass is 10.0. The molecule has 236 valence electrons. The zero-order chi connectivity index (χ0) is 32.2. The summed E-state index contributed by atoms with van der Waals surface area (Å²) in [7, 11) is 4.39. The van der Waals surface area contributed by atoms with E-state index in [1.54, 1.807) is 54.6 Å². The van der Waals surface area contributed by atoms with Gasteiger partial charge >= 0.3 is 0 Å². The highest BCUT2D eigenvalue weighted by molar-refractivity contribution is 5.98. The van der Waals surface area contributed by atoms with Crippen molar-refractivity contribution in [3.05, 3.63) is 95.8 Å². The summed E-state index contributed by atoms with van der Waals surface area (Å²) in [6.45, 7) is -0.223. The van der Waals surface area contributed by atoms with Crippen LogP contribution in [0.4, 0.5) is 10.1 Å². The summed E-state index contributed by atoms with van der Waals surface area (Å²) in [5.74, 6) is 0.466. The Bertz CT molecular complexity index is 1870. The maximum absolute atomic E-state index is 14.4. The molecule has 1 aliphatic rings. The second-order valence-corrected chi connectivity index (χ2v) is 10.3. The Hall–Kier alpha value is -5.85. The van der Waals surface area contributed by atoms with Crippen molar-refractivity contribution in [1.29, 1.82) is 0 Å². The van der Waals surface area contributed by atoms with Crippen molar-refractivity contribution < 1.29 is 37.7 Å². The van der Waals surface area contributed by atoms with Gasteiger partial charge in [0.2, 0.25) is 18.4 Å². The highest BCUT2D eigenvalue weighted by atomic mass is 19.1. The fraction of sp³-hybridized carbons (Fsp3) is 0.212. The van der Waals surface area contributed by atoms with Crippen molar-refractivity contribution in [2.75, 3.05) is 33.4 Å². The van der Waals surface area contributed by atoms with Gasteiger partial charge < -0.3 is 33.9 Å². The third-order valence-corrected chi connectivity index (χ3v) is 7.49. The number of aromatic nitrogens is 3. The van der Waals surface area contributed by atoms with Crippen LogP contribution in [-0.2, 0) is 22.7 Å². The number of carbonyl (C=O) groups is 2. The van der Waals surface area contributed by atoms with Gasteiger partial charge in [-0.1, -0.05) is 29.5 Å². The van der Waals surface area contributed by atoms with Crippen molar-refractivity contribution in [3.63, 3.8) is 0 Å². The topological polar surface area (TPSA) is 126 Å². The monoisotopic (exact) mass is 627 g/mol. The second-order valence-electron chi connectivity index (χ2n) is 10.3. The lowest BCUT2D eigenvalue weighted by Crippen LogP contribution is -2.42. The van der Waals surface area contributed by atoms with E-state index in [1.165, 1.54) is 43.0 Å². The first-order chi connectivity index (χ1) is 22.4. The Labute approximate surface area is 263 Å². The second kappa shape index (κ2) is 13.0. The summed E-state index contributed by atoms with van der Waals surface area (Å²) >= 11 is 0. The molecule has 1 aliphatic heterocycles. The van der Waals surface area contributed by atoms with Crippen LogP contribution < -0.4 is 29.0 Å². The Morgan fingerprint density at radius 1 is 0.935 bits per heavy atom. The van der Waals surface area contributed by atoms with Gasteiger partial charge in [-0.15, -0.1) is 5.10 Å². The van der Waals surface area contributed by atoms with Crippen molar-refractivity contribution >= 4 is 28.5 Å². The molecule has 0 spiro atoms. The molecule has 1 unspecified atom stereocenters. The lowest BCUT2D eigenvalue weighted by molar-refractivity contribution is -0.140. The summed E-state index contributed by atoms with van der Waals surface area (Å²) < 4.78 is 42.9. The number of ether oxygens (including phenoxy) is 5. The van der Waals surface area contributed by atoms with Crippen LogP contribution in [0.3, 0.4) is 0 Å². The Morgan fingerprint density at radius 3 is 2.37 bits per heavy atom. The number of amides is 2.